The number of hydrogen-bond donors (Lipinski definition) is 1. The van der Waals surface area contributed by atoms with Gasteiger partial charge in [-0.15, -0.1) is 0 Å². The molecule has 1 aliphatic heterocycles. The third-order valence-electron chi connectivity index (χ3n) is 3.73. The van der Waals surface area contributed by atoms with E-state index in [9.17, 15) is 4.39 Å². The molecule has 1 aromatic carbocycles. The van der Waals surface area contributed by atoms with Crippen molar-refractivity contribution in [2.75, 3.05) is 33.8 Å². The molecule has 106 valence electrons. The predicted molar refractivity (Wildman–Crippen MR) is 74.9 cm³/mol. The van der Waals surface area contributed by atoms with Crippen LogP contribution in [0.3, 0.4) is 0 Å². The summed E-state index contributed by atoms with van der Waals surface area (Å²) in [5.74, 6) is 1.12. The fraction of sp³-hybridized carbons (Fsp3) is 0.600. The zero-order chi connectivity index (χ0) is 13.7. The molecular weight excluding hydrogens is 243 g/mol. The summed E-state index contributed by atoms with van der Waals surface area (Å²) in [5, 5.41) is 3.37. The molecule has 0 unspecified atom stereocenters. The minimum Gasteiger partial charge on any atom is -0.497 e. The first kappa shape index (κ1) is 14.3. The Morgan fingerprint density at radius 1 is 1.37 bits per heavy atom. The highest BCUT2D eigenvalue weighted by atomic mass is 19.1. The Balaban J connectivity index is 1.88. The Morgan fingerprint density at radius 3 is 2.74 bits per heavy atom. The standard InChI is InChI=1S/C15H23FN2O/c1-18(10-12-5-7-17-8-6-12)11-13-3-4-14(19-2)9-15(13)16/h3-4,9,12,17H,5-8,10-11H2,1-2H3. The lowest BCUT2D eigenvalue weighted by Gasteiger charge is -2.27. The van der Waals surface area contributed by atoms with Crippen LogP contribution in [0.1, 0.15) is 18.4 Å². The molecule has 0 atom stereocenters. The molecular formula is C15H23FN2O. The minimum atomic E-state index is -0.184. The molecule has 0 radical (unpaired) electrons. The Labute approximate surface area is 114 Å². The normalized spacial score (nSPS) is 16.8. The van der Waals surface area contributed by atoms with Crippen molar-refractivity contribution in [1.29, 1.82) is 0 Å². The zero-order valence-electron chi connectivity index (χ0n) is 11.8. The van der Waals surface area contributed by atoms with E-state index in [0.29, 0.717) is 12.3 Å². The van der Waals surface area contributed by atoms with Gasteiger partial charge in [0.05, 0.1) is 7.11 Å². The first-order chi connectivity index (χ1) is 9.19. The average Bonchev–Trinajstić information content (AvgIpc) is 2.42. The molecule has 3 nitrogen and oxygen atoms in total. The van der Waals surface area contributed by atoms with E-state index in [2.05, 4.69) is 17.3 Å². The van der Waals surface area contributed by atoms with Gasteiger partial charge in [0, 0.05) is 24.7 Å². The molecule has 1 fully saturated rings. The van der Waals surface area contributed by atoms with Crippen LogP contribution in [0.4, 0.5) is 4.39 Å². The lowest BCUT2D eigenvalue weighted by atomic mass is 9.97. The number of nitrogens with zero attached hydrogens (tertiary/aromatic N) is 1. The monoisotopic (exact) mass is 266 g/mol. The van der Waals surface area contributed by atoms with Crippen LogP contribution in [0.15, 0.2) is 18.2 Å². The van der Waals surface area contributed by atoms with Gasteiger partial charge < -0.3 is 15.0 Å². The SMILES string of the molecule is COc1ccc(CN(C)CC2CCNCC2)c(F)c1. The fourth-order valence-corrected chi connectivity index (χ4v) is 2.64. The van der Waals surface area contributed by atoms with Gasteiger partial charge in [0.15, 0.2) is 0 Å². The van der Waals surface area contributed by atoms with Crippen molar-refractivity contribution < 1.29 is 9.13 Å². The van der Waals surface area contributed by atoms with E-state index in [1.807, 2.05) is 12.1 Å². The van der Waals surface area contributed by atoms with Crippen molar-refractivity contribution in [3.63, 3.8) is 0 Å². The maximum atomic E-state index is 13.9. The first-order valence-corrected chi connectivity index (χ1v) is 6.90. The lowest BCUT2D eigenvalue weighted by molar-refractivity contribution is 0.232. The maximum Gasteiger partial charge on any atom is 0.131 e. The second-order valence-electron chi connectivity index (χ2n) is 5.35. The summed E-state index contributed by atoms with van der Waals surface area (Å²) >= 11 is 0. The summed E-state index contributed by atoms with van der Waals surface area (Å²) in [5.41, 5.74) is 0.734. The van der Waals surface area contributed by atoms with Crippen LogP contribution in [0.25, 0.3) is 0 Å². The second kappa shape index (κ2) is 6.87. The number of ether oxygens (including phenoxy) is 1. The number of nitrogens with one attached hydrogen (secondary N) is 1. The highest BCUT2D eigenvalue weighted by molar-refractivity contribution is 5.28. The molecule has 1 aliphatic rings. The van der Waals surface area contributed by atoms with Gasteiger partial charge in [-0.1, -0.05) is 6.07 Å². The van der Waals surface area contributed by atoms with Crippen molar-refractivity contribution in [2.24, 2.45) is 5.92 Å². The van der Waals surface area contributed by atoms with Gasteiger partial charge in [0.25, 0.3) is 0 Å². The van der Waals surface area contributed by atoms with Crippen molar-refractivity contribution in [1.82, 2.24) is 10.2 Å². The summed E-state index contributed by atoms with van der Waals surface area (Å²) < 4.78 is 18.9. The molecule has 0 saturated carbocycles. The largest absolute Gasteiger partial charge is 0.497 e. The zero-order valence-corrected chi connectivity index (χ0v) is 11.8. The molecule has 0 amide bonds. The van der Waals surface area contributed by atoms with Gasteiger partial charge in [-0.25, -0.2) is 4.39 Å². The van der Waals surface area contributed by atoms with E-state index in [0.717, 1.165) is 31.1 Å². The first-order valence-electron chi connectivity index (χ1n) is 6.90. The van der Waals surface area contributed by atoms with Gasteiger partial charge >= 0.3 is 0 Å². The Hall–Kier alpha value is -1.13. The Bertz CT molecular complexity index is 405. The fourth-order valence-electron chi connectivity index (χ4n) is 2.64. The van der Waals surface area contributed by atoms with Gasteiger partial charge in [0.1, 0.15) is 11.6 Å². The number of halogens is 1. The molecule has 1 heterocycles. The molecule has 1 saturated heterocycles. The van der Waals surface area contributed by atoms with Crippen LogP contribution in [0.2, 0.25) is 0 Å². The third-order valence-corrected chi connectivity index (χ3v) is 3.73. The molecule has 4 heteroatoms. The number of hydrogen-bond acceptors (Lipinski definition) is 3. The quantitative estimate of drug-likeness (QED) is 0.885. The molecule has 1 N–H and O–H groups in total. The number of benzene rings is 1. The van der Waals surface area contributed by atoms with E-state index >= 15 is 0 Å². The molecule has 0 bridgehead atoms. The highest BCUT2D eigenvalue weighted by Gasteiger charge is 2.16. The molecule has 0 aliphatic carbocycles. The molecule has 0 spiro atoms. The van der Waals surface area contributed by atoms with Crippen LogP contribution in [0, 0.1) is 11.7 Å². The second-order valence-corrected chi connectivity index (χ2v) is 5.35. The maximum absolute atomic E-state index is 13.9. The molecule has 19 heavy (non-hydrogen) atoms. The van der Waals surface area contributed by atoms with E-state index < -0.39 is 0 Å². The molecule has 1 aromatic rings. The van der Waals surface area contributed by atoms with Crippen LogP contribution in [-0.2, 0) is 6.54 Å². The van der Waals surface area contributed by atoms with E-state index in [1.165, 1.54) is 18.9 Å². The van der Waals surface area contributed by atoms with Crippen LogP contribution >= 0.6 is 0 Å². The van der Waals surface area contributed by atoms with Crippen LogP contribution < -0.4 is 10.1 Å². The summed E-state index contributed by atoms with van der Waals surface area (Å²) in [6.07, 6.45) is 2.44. The van der Waals surface area contributed by atoms with Gasteiger partial charge in [-0.05, 0) is 45.0 Å². The van der Waals surface area contributed by atoms with Crippen molar-refractivity contribution >= 4 is 0 Å². The summed E-state index contributed by atoms with van der Waals surface area (Å²) in [6.45, 7) is 3.90. The van der Waals surface area contributed by atoms with Crippen molar-refractivity contribution in [2.45, 2.75) is 19.4 Å². The Morgan fingerprint density at radius 2 is 2.11 bits per heavy atom. The lowest BCUT2D eigenvalue weighted by Crippen LogP contribution is -2.34. The summed E-state index contributed by atoms with van der Waals surface area (Å²) in [4.78, 5) is 2.21. The van der Waals surface area contributed by atoms with E-state index in [-0.39, 0.29) is 5.82 Å². The van der Waals surface area contributed by atoms with E-state index in [4.69, 9.17) is 4.74 Å². The average molecular weight is 266 g/mol. The summed E-state index contributed by atoms with van der Waals surface area (Å²) in [7, 11) is 3.61. The van der Waals surface area contributed by atoms with Crippen molar-refractivity contribution in [3.8, 4) is 5.75 Å². The van der Waals surface area contributed by atoms with E-state index in [1.54, 1.807) is 7.11 Å². The smallest absolute Gasteiger partial charge is 0.131 e. The summed E-state index contributed by atoms with van der Waals surface area (Å²) in [6, 6.07) is 5.08. The predicted octanol–water partition coefficient (Wildman–Crippen LogP) is 2.27. The Kier molecular flexibility index (Phi) is 5.16. The van der Waals surface area contributed by atoms with Gasteiger partial charge in [0.2, 0.25) is 0 Å². The number of rotatable bonds is 5. The van der Waals surface area contributed by atoms with Crippen molar-refractivity contribution in [3.05, 3.63) is 29.6 Å². The topological polar surface area (TPSA) is 24.5 Å². The number of piperidine rings is 1. The van der Waals surface area contributed by atoms with Crippen LogP contribution in [0.5, 0.6) is 5.75 Å². The third kappa shape index (κ3) is 4.18. The highest BCUT2D eigenvalue weighted by Crippen LogP contribution is 2.19. The van der Waals surface area contributed by atoms with Gasteiger partial charge in [-0.3, -0.25) is 0 Å². The van der Waals surface area contributed by atoms with Crippen LogP contribution in [-0.4, -0.2) is 38.7 Å². The molecule has 0 aromatic heterocycles. The molecule has 2 rings (SSSR count). The minimum absolute atomic E-state index is 0.184. The van der Waals surface area contributed by atoms with Gasteiger partial charge in [-0.2, -0.15) is 0 Å². The number of methoxy groups -OCH3 is 1.